The zero-order chi connectivity index (χ0) is 27.4. The number of fused-ring (bicyclic) bond motifs is 1. The van der Waals surface area contributed by atoms with Crippen molar-refractivity contribution >= 4 is 16.9 Å². The number of nitrogens with one attached hydrogen (secondary N) is 1. The van der Waals surface area contributed by atoms with Crippen LogP contribution in [0, 0.1) is 13.8 Å². The Labute approximate surface area is 224 Å². The molecule has 0 spiro atoms. The van der Waals surface area contributed by atoms with Crippen molar-refractivity contribution in [3.8, 4) is 0 Å². The fourth-order valence-electron chi connectivity index (χ4n) is 4.33. The molecule has 2 aromatic rings. The fraction of sp³-hybridized carbons (Fsp3) is 0.600. The molecule has 1 atom stereocenters. The van der Waals surface area contributed by atoms with Gasteiger partial charge < -0.3 is 25.3 Å². The van der Waals surface area contributed by atoms with Crippen LogP contribution in [0.3, 0.4) is 0 Å². The molecule has 0 amide bonds. The van der Waals surface area contributed by atoms with Gasteiger partial charge in [0, 0.05) is 31.7 Å². The topological polar surface area (TPSA) is 81.2 Å². The van der Waals surface area contributed by atoms with Crippen LogP contribution in [-0.4, -0.2) is 65.9 Å². The van der Waals surface area contributed by atoms with Gasteiger partial charge in [0.1, 0.15) is 11.3 Å². The molecule has 0 aliphatic heterocycles. The number of ether oxygens (including phenoxy) is 1. The van der Waals surface area contributed by atoms with Gasteiger partial charge in [-0.05, 0) is 84.3 Å². The summed E-state index contributed by atoms with van der Waals surface area (Å²) in [5.41, 5.74) is 12.6. The molecule has 37 heavy (non-hydrogen) atoms. The van der Waals surface area contributed by atoms with Crippen molar-refractivity contribution < 1.29 is 4.74 Å². The number of hydrogen-bond donors (Lipinski definition) is 2. The molecular weight excluding hydrogens is 460 g/mol. The number of aryl methyl sites for hydroxylation is 4. The van der Waals surface area contributed by atoms with Gasteiger partial charge in [0.15, 0.2) is 5.82 Å². The van der Waals surface area contributed by atoms with Crippen LogP contribution in [0.4, 0.5) is 5.82 Å². The minimum atomic E-state index is 0.0713. The molecule has 2 heterocycles. The van der Waals surface area contributed by atoms with Crippen molar-refractivity contribution in [1.82, 2.24) is 24.8 Å². The van der Waals surface area contributed by atoms with E-state index >= 15 is 0 Å². The van der Waals surface area contributed by atoms with Crippen LogP contribution >= 0.6 is 0 Å². The SMILES string of the molecule is C=C(/C=C\C(=C/C)C(C)OCCN(C)C)CNCCCCn1c(CCCC)nc2c(N)nc(C)c(C)c21. The lowest BCUT2D eigenvalue weighted by molar-refractivity contribution is 0.0797. The maximum atomic E-state index is 6.24. The van der Waals surface area contributed by atoms with Crippen molar-refractivity contribution in [2.45, 2.75) is 79.4 Å². The van der Waals surface area contributed by atoms with Crippen molar-refractivity contribution in [2.24, 2.45) is 0 Å². The van der Waals surface area contributed by atoms with Crippen LogP contribution in [0.2, 0.25) is 0 Å². The molecule has 0 aliphatic carbocycles. The summed E-state index contributed by atoms with van der Waals surface area (Å²) in [4.78, 5) is 11.5. The third kappa shape index (κ3) is 9.40. The minimum absolute atomic E-state index is 0.0713. The van der Waals surface area contributed by atoms with Crippen molar-refractivity contribution in [3.05, 3.63) is 53.0 Å². The molecule has 2 rings (SSSR count). The Bertz CT molecular complexity index is 1070. The highest BCUT2D eigenvalue weighted by molar-refractivity contribution is 5.88. The number of pyridine rings is 1. The lowest BCUT2D eigenvalue weighted by Crippen LogP contribution is -2.21. The first-order valence-corrected chi connectivity index (χ1v) is 13.8. The summed E-state index contributed by atoms with van der Waals surface area (Å²) in [5, 5.41) is 3.54. The quantitative estimate of drug-likeness (QED) is 0.220. The van der Waals surface area contributed by atoms with Crippen LogP contribution in [0.1, 0.15) is 63.5 Å². The Hall–Kier alpha value is -2.48. The van der Waals surface area contributed by atoms with E-state index < -0.39 is 0 Å². The normalized spacial score (nSPS) is 13.4. The Morgan fingerprint density at radius 3 is 2.62 bits per heavy atom. The van der Waals surface area contributed by atoms with Gasteiger partial charge in [-0.2, -0.15) is 0 Å². The second-order valence-electron chi connectivity index (χ2n) is 10.2. The Balaban J connectivity index is 1.84. The number of nitrogens with zero attached hydrogens (tertiary/aromatic N) is 4. The first-order valence-electron chi connectivity index (χ1n) is 13.8. The Morgan fingerprint density at radius 1 is 1.19 bits per heavy atom. The van der Waals surface area contributed by atoms with Gasteiger partial charge in [-0.3, -0.25) is 0 Å². The molecule has 0 bridgehead atoms. The largest absolute Gasteiger partial charge is 0.382 e. The molecule has 206 valence electrons. The summed E-state index contributed by atoms with van der Waals surface area (Å²) in [6.45, 7) is 19.0. The molecule has 0 saturated heterocycles. The maximum Gasteiger partial charge on any atom is 0.151 e. The average Bonchev–Trinajstić information content (AvgIpc) is 3.22. The van der Waals surface area contributed by atoms with Gasteiger partial charge in [-0.15, -0.1) is 0 Å². The van der Waals surface area contributed by atoms with Crippen LogP contribution in [0.15, 0.2) is 36.0 Å². The van der Waals surface area contributed by atoms with Crippen LogP contribution in [0.25, 0.3) is 11.0 Å². The van der Waals surface area contributed by atoms with E-state index in [1.165, 1.54) is 11.1 Å². The lowest BCUT2D eigenvalue weighted by Gasteiger charge is -2.16. The van der Waals surface area contributed by atoms with Gasteiger partial charge >= 0.3 is 0 Å². The number of aromatic nitrogens is 3. The highest BCUT2D eigenvalue weighted by Crippen LogP contribution is 2.27. The number of anilines is 1. The third-order valence-electron chi connectivity index (χ3n) is 6.79. The number of hydrogen-bond acceptors (Lipinski definition) is 6. The van der Waals surface area contributed by atoms with Crippen LogP contribution < -0.4 is 11.1 Å². The van der Waals surface area contributed by atoms with E-state index in [0.29, 0.717) is 5.82 Å². The molecule has 0 radical (unpaired) electrons. The molecule has 2 aromatic heterocycles. The van der Waals surface area contributed by atoms with Gasteiger partial charge in [0.2, 0.25) is 0 Å². The summed E-state index contributed by atoms with van der Waals surface area (Å²) < 4.78 is 8.33. The number of allylic oxidation sites excluding steroid dienone is 1. The summed E-state index contributed by atoms with van der Waals surface area (Å²) in [6, 6.07) is 0. The molecule has 0 aromatic carbocycles. The van der Waals surface area contributed by atoms with Crippen LogP contribution in [-0.2, 0) is 17.7 Å². The van der Waals surface area contributed by atoms with Gasteiger partial charge in [-0.25, -0.2) is 9.97 Å². The van der Waals surface area contributed by atoms with E-state index in [2.05, 4.69) is 86.4 Å². The first kappa shape index (κ1) is 30.7. The number of rotatable bonds is 17. The summed E-state index contributed by atoms with van der Waals surface area (Å²) in [5.74, 6) is 1.67. The molecule has 1 unspecified atom stereocenters. The van der Waals surface area contributed by atoms with Crippen molar-refractivity contribution in [1.29, 1.82) is 0 Å². The molecule has 0 fully saturated rings. The van der Waals surface area contributed by atoms with E-state index in [0.717, 1.165) is 93.0 Å². The summed E-state index contributed by atoms with van der Waals surface area (Å²) >= 11 is 0. The molecule has 7 nitrogen and oxygen atoms in total. The molecule has 0 saturated carbocycles. The maximum absolute atomic E-state index is 6.24. The Morgan fingerprint density at radius 2 is 1.95 bits per heavy atom. The zero-order valence-electron chi connectivity index (χ0n) is 24.4. The lowest BCUT2D eigenvalue weighted by atomic mass is 10.1. The number of unbranched alkanes of at least 4 members (excludes halogenated alkanes) is 2. The predicted octanol–water partition coefficient (Wildman–Crippen LogP) is 5.37. The number of nitrogens with two attached hydrogens (primary N) is 1. The standard InChI is InChI=1S/C30H50N6O/c1-9-11-14-27-34-28-29(23(4)24(5)33-30(28)31)36(27)18-13-12-17-32-21-22(3)15-16-26(10-2)25(6)37-20-19-35(7)8/h10,15-16,25,32H,3,9,11-14,17-21H2,1-2,4-8H3,(H2,31,33)/b16-15-,26-10+. The second-order valence-corrected chi connectivity index (χ2v) is 10.2. The van der Waals surface area contributed by atoms with E-state index in [4.69, 9.17) is 15.5 Å². The van der Waals surface area contributed by atoms with Gasteiger partial charge in [0.25, 0.3) is 0 Å². The van der Waals surface area contributed by atoms with Gasteiger partial charge in [0.05, 0.1) is 18.2 Å². The number of nitrogen functional groups attached to an aromatic ring is 1. The fourth-order valence-corrected chi connectivity index (χ4v) is 4.33. The van der Waals surface area contributed by atoms with Crippen molar-refractivity contribution in [2.75, 3.05) is 46.1 Å². The molecule has 7 heteroatoms. The zero-order valence-corrected chi connectivity index (χ0v) is 24.4. The van der Waals surface area contributed by atoms with E-state index in [9.17, 15) is 0 Å². The monoisotopic (exact) mass is 510 g/mol. The van der Waals surface area contributed by atoms with Gasteiger partial charge in [-0.1, -0.05) is 38.2 Å². The molecular formula is C30H50N6O. The van der Waals surface area contributed by atoms with Crippen molar-refractivity contribution in [3.63, 3.8) is 0 Å². The van der Waals surface area contributed by atoms with E-state index in [-0.39, 0.29) is 6.10 Å². The van der Waals surface area contributed by atoms with E-state index in [1.54, 1.807) is 0 Å². The third-order valence-corrected chi connectivity index (χ3v) is 6.79. The second kappa shape index (κ2) is 15.7. The summed E-state index contributed by atoms with van der Waals surface area (Å²) in [7, 11) is 4.11. The first-order chi connectivity index (χ1) is 17.7. The van der Waals surface area contributed by atoms with Crippen LogP contribution in [0.5, 0.6) is 0 Å². The number of likely N-dealkylation sites (N-methyl/N-ethyl adjacent to an activating group) is 1. The molecule has 0 aliphatic rings. The smallest absolute Gasteiger partial charge is 0.151 e. The number of imidazole rings is 1. The average molecular weight is 511 g/mol. The summed E-state index contributed by atoms with van der Waals surface area (Å²) in [6.07, 6.45) is 11.8. The minimum Gasteiger partial charge on any atom is -0.382 e. The molecule has 3 N–H and O–H groups in total. The highest BCUT2D eigenvalue weighted by atomic mass is 16.5. The Kier molecular flexibility index (Phi) is 13.0. The highest BCUT2D eigenvalue weighted by Gasteiger charge is 2.17. The van der Waals surface area contributed by atoms with E-state index in [1.807, 2.05) is 6.92 Å². The predicted molar refractivity (Wildman–Crippen MR) is 158 cm³/mol.